The monoisotopic (exact) mass is 314 g/mol. The van der Waals surface area contributed by atoms with Crippen LogP contribution in [0, 0.1) is 11.3 Å². The molecule has 114 valence electrons. The Morgan fingerprint density at radius 1 is 1.00 bits per heavy atom. The fourth-order valence-electron chi connectivity index (χ4n) is 2.01. The summed E-state index contributed by atoms with van der Waals surface area (Å²) < 4.78 is 27.3. The van der Waals surface area contributed by atoms with Crippen molar-refractivity contribution in [2.75, 3.05) is 4.72 Å². The summed E-state index contributed by atoms with van der Waals surface area (Å²) in [5, 5.41) is 9.03. The third-order valence-corrected chi connectivity index (χ3v) is 4.70. The van der Waals surface area contributed by atoms with E-state index in [1.54, 1.807) is 36.4 Å². The van der Waals surface area contributed by atoms with Crippen molar-refractivity contribution in [3.63, 3.8) is 0 Å². The number of rotatable bonds is 3. The lowest BCUT2D eigenvalue weighted by Crippen LogP contribution is -2.15. The topological polar surface area (TPSA) is 70.0 Å². The van der Waals surface area contributed by atoms with E-state index in [-0.39, 0.29) is 21.6 Å². The smallest absolute Gasteiger partial charge is 0.261 e. The highest BCUT2D eigenvalue weighted by Crippen LogP contribution is 2.25. The number of sulfonamides is 1. The minimum absolute atomic E-state index is 0.0386. The summed E-state index contributed by atoms with van der Waals surface area (Å²) in [6.45, 7) is 6.20. The molecule has 0 saturated carbocycles. The third kappa shape index (κ3) is 3.46. The van der Waals surface area contributed by atoms with Crippen molar-refractivity contribution in [2.24, 2.45) is 0 Å². The van der Waals surface area contributed by atoms with E-state index >= 15 is 0 Å². The standard InChI is InChI=1S/C17H18N2O2S/c1-17(2,3)14-8-10-15(11-9-14)22(20,21)19-16-7-5-4-6-13(16)12-18/h4-11,19H,1-3H3. The van der Waals surface area contributed by atoms with Crippen molar-refractivity contribution >= 4 is 15.7 Å². The second kappa shape index (κ2) is 5.82. The molecular weight excluding hydrogens is 296 g/mol. The number of nitrogens with zero attached hydrogens (tertiary/aromatic N) is 1. The van der Waals surface area contributed by atoms with E-state index in [0.717, 1.165) is 5.56 Å². The number of nitriles is 1. The predicted molar refractivity (Wildman–Crippen MR) is 87.1 cm³/mol. The Hall–Kier alpha value is -2.32. The van der Waals surface area contributed by atoms with E-state index in [9.17, 15) is 8.42 Å². The van der Waals surface area contributed by atoms with Crippen LogP contribution in [0.1, 0.15) is 31.9 Å². The zero-order valence-corrected chi connectivity index (χ0v) is 13.6. The molecule has 0 heterocycles. The molecule has 0 saturated heterocycles. The Labute approximate surface area is 131 Å². The first-order valence-corrected chi connectivity index (χ1v) is 8.35. The largest absolute Gasteiger partial charge is 0.278 e. The zero-order valence-electron chi connectivity index (χ0n) is 12.8. The van der Waals surface area contributed by atoms with Crippen LogP contribution in [-0.4, -0.2) is 8.42 Å². The van der Waals surface area contributed by atoms with Gasteiger partial charge in [0.15, 0.2) is 0 Å². The van der Waals surface area contributed by atoms with Crippen LogP contribution in [0.3, 0.4) is 0 Å². The normalized spacial score (nSPS) is 11.7. The molecule has 4 nitrogen and oxygen atoms in total. The van der Waals surface area contributed by atoms with Crippen molar-refractivity contribution in [1.29, 1.82) is 5.26 Å². The zero-order chi connectivity index (χ0) is 16.4. The molecule has 0 spiro atoms. The first-order valence-electron chi connectivity index (χ1n) is 6.86. The quantitative estimate of drug-likeness (QED) is 0.940. The van der Waals surface area contributed by atoms with Gasteiger partial charge < -0.3 is 0 Å². The Morgan fingerprint density at radius 3 is 2.14 bits per heavy atom. The molecule has 22 heavy (non-hydrogen) atoms. The molecule has 1 N–H and O–H groups in total. The number of nitrogens with one attached hydrogen (secondary N) is 1. The van der Waals surface area contributed by atoms with Crippen LogP contribution in [0.2, 0.25) is 0 Å². The van der Waals surface area contributed by atoms with Gasteiger partial charge >= 0.3 is 0 Å². The van der Waals surface area contributed by atoms with Crippen LogP contribution in [0.4, 0.5) is 5.69 Å². The van der Waals surface area contributed by atoms with E-state index in [1.807, 2.05) is 18.2 Å². The average molecular weight is 314 g/mol. The summed E-state index contributed by atoms with van der Waals surface area (Å²) in [6.07, 6.45) is 0. The number of hydrogen-bond donors (Lipinski definition) is 1. The minimum Gasteiger partial charge on any atom is -0.278 e. The van der Waals surface area contributed by atoms with Crippen LogP contribution in [0.15, 0.2) is 53.4 Å². The molecule has 2 aromatic carbocycles. The van der Waals surface area contributed by atoms with E-state index in [4.69, 9.17) is 5.26 Å². The lowest BCUT2D eigenvalue weighted by Gasteiger charge is -2.19. The lowest BCUT2D eigenvalue weighted by molar-refractivity contribution is 0.587. The second-order valence-corrected chi connectivity index (χ2v) is 7.72. The summed E-state index contributed by atoms with van der Waals surface area (Å²) in [5.74, 6) is 0. The molecule has 0 aromatic heterocycles. The van der Waals surface area contributed by atoms with Gasteiger partial charge in [-0.05, 0) is 35.2 Å². The second-order valence-electron chi connectivity index (χ2n) is 6.04. The first-order chi connectivity index (χ1) is 10.2. The highest BCUT2D eigenvalue weighted by Gasteiger charge is 2.18. The maximum atomic E-state index is 12.4. The highest BCUT2D eigenvalue weighted by molar-refractivity contribution is 7.92. The maximum Gasteiger partial charge on any atom is 0.261 e. The Balaban J connectivity index is 2.33. The third-order valence-electron chi connectivity index (χ3n) is 3.32. The summed E-state index contributed by atoms with van der Waals surface area (Å²) in [5.41, 5.74) is 1.59. The van der Waals surface area contributed by atoms with Gasteiger partial charge in [0, 0.05) is 0 Å². The Kier molecular flexibility index (Phi) is 4.25. The summed E-state index contributed by atoms with van der Waals surface area (Å²) >= 11 is 0. The number of anilines is 1. The molecule has 0 bridgehead atoms. The summed E-state index contributed by atoms with van der Waals surface area (Å²) in [6, 6.07) is 15.3. The molecule has 0 radical (unpaired) electrons. The van der Waals surface area contributed by atoms with Crippen LogP contribution in [-0.2, 0) is 15.4 Å². The molecular formula is C17H18N2O2S. The van der Waals surface area contributed by atoms with E-state index in [1.165, 1.54) is 0 Å². The molecule has 0 fully saturated rings. The maximum absolute atomic E-state index is 12.4. The van der Waals surface area contributed by atoms with Crippen molar-refractivity contribution in [1.82, 2.24) is 0 Å². The molecule has 2 aromatic rings. The van der Waals surface area contributed by atoms with Crippen LogP contribution < -0.4 is 4.72 Å². The van der Waals surface area contributed by atoms with Gasteiger partial charge in [0.1, 0.15) is 6.07 Å². The molecule has 0 atom stereocenters. The fraction of sp³-hybridized carbons (Fsp3) is 0.235. The SMILES string of the molecule is CC(C)(C)c1ccc(S(=O)(=O)Nc2ccccc2C#N)cc1. The average Bonchev–Trinajstić information content (AvgIpc) is 2.47. The minimum atomic E-state index is -3.71. The van der Waals surface area contributed by atoms with E-state index < -0.39 is 10.0 Å². The van der Waals surface area contributed by atoms with Crippen molar-refractivity contribution in [2.45, 2.75) is 31.1 Å². The van der Waals surface area contributed by atoms with Gasteiger partial charge in [-0.1, -0.05) is 45.0 Å². The molecule has 0 aliphatic carbocycles. The molecule has 0 amide bonds. The van der Waals surface area contributed by atoms with Gasteiger partial charge in [0.25, 0.3) is 10.0 Å². The van der Waals surface area contributed by atoms with Gasteiger partial charge in [-0.3, -0.25) is 4.72 Å². The van der Waals surface area contributed by atoms with Gasteiger partial charge in [-0.15, -0.1) is 0 Å². The van der Waals surface area contributed by atoms with Gasteiger partial charge in [-0.25, -0.2) is 8.42 Å². The fourth-order valence-corrected chi connectivity index (χ4v) is 3.09. The van der Waals surface area contributed by atoms with Gasteiger partial charge in [0.05, 0.1) is 16.1 Å². The van der Waals surface area contributed by atoms with Crippen molar-refractivity contribution < 1.29 is 8.42 Å². The first kappa shape index (κ1) is 16.1. The highest BCUT2D eigenvalue weighted by atomic mass is 32.2. The van der Waals surface area contributed by atoms with Crippen molar-refractivity contribution in [3.8, 4) is 6.07 Å². The Bertz CT molecular complexity index is 811. The molecule has 2 rings (SSSR count). The van der Waals surface area contributed by atoms with Crippen LogP contribution >= 0.6 is 0 Å². The molecule has 0 aliphatic rings. The van der Waals surface area contributed by atoms with Crippen molar-refractivity contribution in [3.05, 3.63) is 59.7 Å². The lowest BCUT2D eigenvalue weighted by atomic mass is 9.87. The number of para-hydroxylation sites is 1. The molecule has 0 aliphatic heterocycles. The van der Waals surface area contributed by atoms with Crippen LogP contribution in [0.5, 0.6) is 0 Å². The van der Waals surface area contributed by atoms with E-state index in [2.05, 4.69) is 25.5 Å². The van der Waals surface area contributed by atoms with E-state index in [0.29, 0.717) is 0 Å². The molecule has 5 heteroatoms. The van der Waals surface area contributed by atoms with Gasteiger partial charge in [0.2, 0.25) is 0 Å². The summed E-state index contributed by atoms with van der Waals surface area (Å²) in [7, 11) is -3.71. The predicted octanol–water partition coefficient (Wildman–Crippen LogP) is 3.66. The summed E-state index contributed by atoms with van der Waals surface area (Å²) in [4.78, 5) is 0.174. The number of hydrogen-bond acceptors (Lipinski definition) is 3. The van der Waals surface area contributed by atoms with Crippen LogP contribution in [0.25, 0.3) is 0 Å². The molecule has 0 unspecified atom stereocenters. The Morgan fingerprint density at radius 2 is 1.59 bits per heavy atom. The van der Waals surface area contributed by atoms with Gasteiger partial charge in [-0.2, -0.15) is 5.26 Å². The number of benzene rings is 2.